The number of rotatable bonds is 5. The molecule has 22 heavy (non-hydrogen) atoms. The van der Waals surface area contributed by atoms with Gasteiger partial charge in [-0.1, -0.05) is 12.1 Å². The number of nitrogens with one attached hydrogen (secondary N) is 2. The lowest BCUT2D eigenvalue weighted by Gasteiger charge is -2.21. The van der Waals surface area contributed by atoms with Crippen LogP contribution in [0.1, 0.15) is 31.4 Å². The lowest BCUT2D eigenvalue weighted by atomic mass is 10.1. The molecule has 1 aromatic carbocycles. The Bertz CT molecular complexity index is 644. The van der Waals surface area contributed by atoms with E-state index in [4.69, 9.17) is 11.3 Å². The van der Waals surface area contributed by atoms with E-state index in [-0.39, 0.29) is 5.82 Å². The fourth-order valence-corrected chi connectivity index (χ4v) is 2.55. The van der Waals surface area contributed by atoms with Gasteiger partial charge in [0.2, 0.25) is 0 Å². The van der Waals surface area contributed by atoms with Gasteiger partial charge in [-0.15, -0.1) is 0 Å². The van der Waals surface area contributed by atoms with Crippen molar-refractivity contribution in [2.24, 2.45) is 5.84 Å². The largest absolute Gasteiger partial charge is 0.338 e. The molecular formula is C17H23FN4. The minimum Gasteiger partial charge on any atom is -0.338 e. The zero-order chi connectivity index (χ0) is 16.3. The lowest BCUT2D eigenvalue weighted by Crippen LogP contribution is -2.30. The molecule has 0 aliphatic heterocycles. The molecule has 4 N–H and O–H groups in total. The van der Waals surface area contributed by atoms with Crippen molar-refractivity contribution < 1.29 is 4.39 Å². The summed E-state index contributed by atoms with van der Waals surface area (Å²) in [4.78, 5) is 0. The lowest BCUT2D eigenvalue weighted by molar-refractivity contribution is 0.424. The maximum Gasteiger partial charge on any atom is 0.165 e. The van der Waals surface area contributed by atoms with Crippen LogP contribution in [0.15, 0.2) is 41.5 Å². The molecule has 0 aromatic heterocycles. The van der Waals surface area contributed by atoms with Crippen LogP contribution in [0.2, 0.25) is 0 Å². The van der Waals surface area contributed by atoms with Crippen molar-refractivity contribution in [3.05, 3.63) is 52.6 Å². The van der Waals surface area contributed by atoms with Crippen LogP contribution in [0.3, 0.4) is 0 Å². The van der Waals surface area contributed by atoms with Crippen molar-refractivity contribution >= 4 is 11.4 Å². The summed E-state index contributed by atoms with van der Waals surface area (Å²) >= 11 is 0. The number of fused-ring (bicyclic) bond motifs is 1. The monoisotopic (exact) mass is 302 g/mol. The summed E-state index contributed by atoms with van der Waals surface area (Å²) < 4.78 is 14.5. The summed E-state index contributed by atoms with van der Waals surface area (Å²) in [6, 6.07) is 6.03. The molecule has 1 aliphatic carbocycles. The number of nitrogens with zero attached hydrogens (tertiary/aromatic N) is 1. The number of hydrogen-bond acceptors (Lipinski definition) is 4. The van der Waals surface area contributed by atoms with Crippen molar-refractivity contribution in [1.29, 1.82) is 5.41 Å². The fraction of sp³-hybridized carbons (Fsp3) is 0.353. The summed E-state index contributed by atoms with van der Waals surface area (Å²) in [5.41, 5.74) is 4.34. The number of hydrazine groups is 1. The predicted octanol–water partition coefficient (Wildman–Crippen LogP) is 3.52. The molecule has 1 aliphatic rings. The molecular weight excluding hydrogens is 279 g/mol. The van der Waals surface area contributed by atoms with E-state index in [9.17, 15) is 4.39 Å². The van der Waals surface area contributed by atoms with E-state index >= 15 is 0 Å². The van der Waals surface area contributed by atoms with Crippen molar-refractivity contribution in [3.63, 3.8) is 0 Å². The van der Waals surface area contributed by atoms with E-state index < -0.39 is 5.83 Å². The van der Waals surface area contributed by atoms with Crippen molar-refractivity contribution in [2.75, 3.05) is 12.4 Å². The maximum atomic E-state index is 14.5. The van der Waals surface area contributed by atoms with Gasteiger partial charge in [0.15, 0.2) is 11.6 Å². The second kappa shape index (κ2) is 6.75. The quantitative estimate of drug-likeness (QED) is 0.337. The minimum atomic E-state index is -0.482. The van der Waals surface area contributed by atoms with Gasteiger partial charge in [-0.2, -0.15) is 0 Å². The number of benzene rings is 1. The second-order valence-corrected chi connectivity index (χ2v) is 5.68. The Balaban J connectivity index is 2.36. The summed E-state index contributed by atoms with van der Waals surface area (Å²) in [6.07, 6.45) is 4.52. The van der Waals surface area contributed by atoms with Gasteiger partial charge < -0.3 is 10.7 Å². The van der Waals surface area contributed by atoms with Crippen LogP contribution < -0.4 is 11.2 Å². The Morgan fingerprint density at radius 2 is 2.09 bits per heavy atom. The number of aryl methyl sites for hydroxylation is 1. The van der Waals surface area contributed by atoms with Gasteiger partial charge in [0, 0.05) is 18.4 Å². The van der Waals surface area contributed by atoms with E-state index in [2.05, 4.69) is 11.4 Å². The van der Waals surface area contributed by atoms with E-state index in [1.165, 1.54) is 22.2 Å². The average molecular weight is 302 g/mol. The molecule has 0 bridgehead atoms. The Kier molecular flexibility index (Phi) is 4.98. The Morgan fingerprint density at radius 1 is 1.36 bits per heavy atom. The van der Waals surface area contributed by atoms with E-state index in [0.29, 0.717) is 11.3 Å². The number of anilines is 1. The molecule has 0 saturated carbocycles. The molecule has 5 heteroatoms. The number of hydrogen-bond donors (Lipinski definition) is 3. The van der Waals surface area contributed by atoms with Crippen LogP contribution in [0.4, 0.5) is 10.1 Å². The van der Waals surface area contributed by atoms with Crippen LogP contribution in [-0.2, 0) is 12.8 Å². The van der Waals surface area contributed by atoms with Gasteiger partial charge in [0.05, 0.1) is 0 Å². The van der Waals surface area contributed by atoms with Gasteiger partial charge in [0.1, 0.15) is 0 Å². The molecule has 0 heterocycles. The molecule has 0 spiro atoms. The molecule has 4 nitrogen and oxygen atoms in total. The molecule has 118 valence electrons. The third-order valence-corrected chi connectivity index (χ3v) is 3.91. The molecule has 0 amide bonds. The molecule has 0 atom stereocenters. The summed E-state index contributed by atoms with van der Waals surface area (Å²) in [7, 11) is 1.59. The summed E-state index contributed by atoms with van der Waals surface area (Å²) in [5, 5.41) is 11.9. The first-order valence-electron chi connectivity index (χ1n) is 7.40. The first kappa shape index (κ1) is 16.2. The van der Waals surface area contributed by atoms with E-state index in [0.717, 1.165) is 24.9 Å². The van der Waals surface area contributed by atoms with Crippen LogP contribution in [0, 0.1) is 5.41 Å². The third kappa shape index (κ3) is 3.54. The van der Waals surface area contributed by atoms with Gasteiger partial charge in [-0.25, -0.2) is 10.2 Å². The van der Waals surface area contributed by atoms with E-state index in [1.807, 2.05) is 12.1 Å². The van der Waals surface area contributed by atoms with Gasteiger partial charge in [-0.3, -0.25) is 5.01 Å². The normalized spacial score (nSPS) is 15.2. The zero-order valence-electron chi connectivity index (χ0n) is 13.3. The van der Waals surface area contributed by atoms with Gasteiger partial charge >= 0.3 is 0 Å². The number of nitrogens with two attached hydrogens (primary N) is 1. The minimum absolute atomic E-state index is 0.195. The molecule has 0 unspecified atom stereocenters. The summed E-state index contributed by atoms with van der Waals surface area (Å²) in [5.74, 6) is 5.49. The van der Waals surface area contributed by atoms with Crippen LogP contribution in [-0.4, -0.2) is 17.8 Å². The number of allylic oxidation sites excluding steroid dienone is 3. The highest BCUT2D eigenvalue weighted by Gasteiger charge is 2.17. The first-order valence-corrected chi connectivity index (χ1v) is 7.40. The first-order chi connectivity index (χ1) is 10.4. The SMILES string of the molecule is CC(=N)/C(C)=C/C(F)=C(/Nc1cccc2c1CCC2)N(C)N. The Labute approximate surface area is 131 Å². The standard InChI is InChI=1S/C17H23FN4/c1-11(12(2)19)10-15(18)17(22(3)20)21-16-9-5-7-13-6-4-8-14(13)16/h5,7,9-10,19,21H,4,6,8,20H2,1-3H3/b11-10+,17-15+,19-12?. The predicted molar refractivity (Wildman–Crippen MR) is 89.3 cm³/mol. The van der Waals surface area contributed by atoms with Crippen LogP contribution >= 0.6 is 0 Å². The zero-order valence-corrected chi connectivity index (χ0v) is 13.3. The molecule has 1 aromatic rings. The highest BCUT2D eigenvalue weighted by Crippen LogP contribution is 2.30. The highest BCUT2D eigenvalue weighted by molar-refractivity contribution is 5.95. The van der Waals surface area contributed by atoms with Gasteiger partial charge in [-0.05, 0) is 62.0 Å². The average Bonchev–Trinajstić information content (AvgIpc) is 2.92. The third-order valence-electron chi connectivity index (χ3n) is 3.91. The topological polar surface area (TPSA) is 65.1 Å². The van der Waals surface area contributed by atoms with Crippen LogP contribution in [0.5, 0.6) is 0 Å². The smallest absolute Gasteiger partial charge is 0.165 e. The Morgan fingerprint density at radius 3 is 2.73 bits per heavy atom. The van der Waals surface area contributed by atoms with Crippen molar-refractivity contribution in [3.8, 4) is 0 Å². The van der Waals surface area contributed by atoms with Crippen molar-refractivity contribution in [1.82, 2.24) is 5.01 Å². The van der Waals surface area contributed by atoms with Crippen LogP contribution in [0.25, 0.3) is 0 Å². The highest BCUT2D eigenvalue weighted by atomic mass is 19.1. The molecule has 0 fully saturated rings. The fourth-order valence-electron chi connectivity index (χ4n) is 2.55. The molecule has 2 rings (SSSR count). The number of halogens is 1. The van der Waals surface area contributed by atoms with Gasteiger partial charge in [0.25, 0.3) is 0 Å². The van der Waals surface area contributed by atoms with Crippen molar-refractivity contribution in [2.45, 2.75) is 33.1 Å². The molecule has 0 saturated heterocycles. The summed E-state index contributed by atoms with van der Waals surface area (Å²) in [6.45, 7) is 3.33. The second-order valence-electron chi connectivity index (χ2n) is 5.68. The maximum absolute atomic E-state index is 14.5. The Hall–Kier alpha value is -2.14. The van der Waals surface area contributed by atoms with E-state index in [1.54, 1.807) is 20.9 Å². The molecule has 0 radical (unpaired) electrons.